The molecule has 1 aliphatic rings. The van der Waals surface area contributed by atoms with Crippen molar-refractivity contribution in [3.63, 3.8) is 0 Å². The molecule has 2 N–H and O–H groups in total. The smallest absolute Gasteiger partial charge is 0.166 e. The third kappa shape index (κ3) is 2.33. The summed E-state index contributed by atoms with van der Waals surface area (Å²) in [6, 6.07) is 7.86. The van der Waals surface area contributed by atoms with Crippen molar-refractivity contribution in [1.29, 1.82) is 5.41 Å². The summed E-state index contributed by atoms with van der Waals surface area (Å²) in [4.78, 5) is 6.43. The van der Waals surface area contributed by atoms with Crippen molar-refractivity contribution in [1.82, 2.24) is 5.43 Å². The van der Waals surface area contributed by atoms with E-state index in [4.69, 9.17) is 5.41 Å². The third-order valence-electron chi connectivity index (χ3n) is 2.52. The average molecular weight is 229 g/mol. The molecule has 0 saturated carbocycles. The Labute approximate surface area is 100 Å². The average Bonchev–Trinajstić information content (AvgIpc) is 2.61. The normalized spacial score (nSPS) is 17.0. The van der Waals surface area contributed by atoms with Gasteiger partial charge in [-0.3, -0.25) is 10.8 Å². The molecule has 0 bridgehead atoms. The minimum atomic E-state index is 0.249. The van der Waals surface area contributed by atoms with Crippen LogP contribution in [0.3, 0.4) is 0 Å². The molecular weight excluding hydrogens is 214 g/mol. The van der Waals surface area contributed by atoms with E-state index >= 15 is 0 Å². The van der Waals surface area contributed by atoms with Crippen molar-refractivity contribution >= 4 is 28.6 Å². The lowest BCUT2D eigenvalue weighted by Crippen LogP contribution is -2.20. The molecule has 0 saturated heterocycles. The first kappa shape index (κ1) is 11.3. The molecule has 1 aromatic carbocycles. The Hall–Kier alpha value is -2.17. The molecule has 0 aliphatic carbocycles. The highest BCUT2D eigenvalue weighted by molar-refractivity contribution is 6.69. The second kappa shape index (κ2) is 4.37. The van der Waals surface area contributed by atoms with Gasteiger partial charge in [0.15, 0.2) is 5.84 Å². The van der Waals surface area contributed by atoms with Crippen LogP contribution < -0.4 is 10.3 Å². The van der Waals surface area contributed by atoms with Crippen LogP contribution in [0.15, 0.2) is 34.4 Å². The first-order valence-electron chi connectivity index (χ1n) is 5.33. The number of hydrogen-bond acceptors (Lipinski definition) is 4. The van der Waals surface area contributed by atoms with E-state index in [0.717, 1.165) is 17.1 Å². The Balaban J connectivity index is 2.27. The van der Waals surface area contributed by atoms with E-state index < -0.39 is 0 Å². The van der Waals surface area contributed by atoms with E-state index in [2.05, 4.69) is 15.5 Å². The maximum Gasteiger partial charge on any atom is 0.166 e. The van der Waals surface area contributed by atoms with Gasteiger partial charge in [0.1, 0.15) is 5.71 Å². The molecule has 5 heteroatoms. The van der Waals surface area contributed by atoms with E-state index in [9.17, 15) is 0 Å². The second-order valence-electron chi connectivity index (χ2n) is 4.06. The molecule has 1 aliphatic heterocycles. The molecule has 0 aromatic heterocycles. The minimum absolute atomic E-state index is 0.249. The van der Waals surface area contributed by atoms with Crippen LogP contribution >= 0.6 is 0 Å². The Morgan fingerprint density at radius 1 is 1.24 bits per heavy atom. The van der Waals surface area contributed by atoms with Gasteiger partial charge in [0.2, 0.25) is 0 Å². The molecule has 1 heterocycles. The number of benzene rings is 1. The standard InChI is InChI=1S/C12H15N5/c1-8-11(12(13)16-15-8)14-9-4-6-10(7-5-9)17(2)3/h4-7H,1-3H3,(H2,13,14,16). The molecule has 5 nitrogen and oxygen atoms in total. The van der Waals surface area contributed by atoms with Gasteiger partial charge >= 0.3 is 0 Å². The fraction of sp³-hybridized carbons (Fsp3) is 0.250. The highest BCUT2D eigenvalue weighted by Crippen LogP contribution is 2.18. The predicted octanol–water partition coefficient (Wildman–Crippen LogP) is 1.78. The summed E-state index contributed by atoms with van der Waals surface area (Å²) in [6.45, 7) is 1.83. The fourth-order valence-corrected chi connectivity index (χ4v) is 1.52. The topological polar surface area (TPSA) is 63.8 Å². The lowest BCUT2D eigenvalue weighted by molar-refractivity contribution is 1.05. The maximum absolute atomic E-state index is 7.63. The van der Waals surface area contributed by atoms with Gasteiger partial charge < -0.3 is 4.90 Å². The van der Waals surface area contributed by atoms with Crippen molar-refractivity contribution in [2.24, 2.45) is 10.1 Å². The largest absolute Gasteiger partial charge is 0.378 e. The highest BCUT2D eigenvalue weighted by Gasteiger charge is 2.16. The van der Waals surface area contributed by atoms with Crippen LogP contribution in [-0.4, -0.2) is 31.4 Å². The van der Waals surface area contributed by atoms with Gasteiger partial charge in [0, 0.05) is 19.8 Å². The molecule has 0 atom stereocenters. The van der Waals surface area contributed by atoms with E-state index in [1.165, 1.54) is 0 Å². The molecular formula is C12H15N5. The molecule has 0 unspecified atom stereocenters. The Bertz CT molecular complexity index is 496. The maximum atomic E-state index is 7.63. The van der Waals surface area contributed by atoms with Crippen LogP contribution in [0.2, 0.25) is 0 Å². The third-order valence-corrected chi connectivity index (χ3v) is 2.52. The molecule has 88 valence electrons. The summed E-state index contributed by atoms with van der Waals surface area (Å²) >= 11 is 0. The van der Waals surface area contributed by atoms with Gasteiger partial charge in [-0.2, -0.15) is 5.10 Å². The zero-order chi connectivity index (χ0) is 12.4. The van der Waals surface area contributed by atoms with Gasteiger partial charge in [-0.25, -0.2) is 4.99 Å². The molecule has 1 aromatic rings. The Kier molecular flexibility index (Phi) is 2.91. The summed E-state index contributed by atoms with van der Waals surface area (Å²) in [5, 5.41) is 11.6. The summed E-state index contributed by atoms with van der Waals surface area (Å²) in [7, 11) is 3.99. The van der Waals surface area contributed by atoms with Crippen LogP contribution in [0.25, 0.3) is 0 Å². The minimum Gasteiger partial charge on any atom is -0.378 e. The zero-order valence-corrected chi connectivity index (χ0v) is 10.2. The molecule has 0 amide bonds. The lowest BCUT2D eigenvalue weighted by atomic mass is 10.2. The van der Waals surface area contributed by atoms with Crippen LogP contribution in [0.4, 0.5) is 11.4 Å². The Morgan fingerprint density at radius 3 is 2.35 bits per heavy atom. The van der Waals surface area contributed by atoms with Crippen LogP contribution in [0.1, 0.15) is 6.92 Å². The molecule has 0 spiro atoms. The van der Waals surface area contributed by atoms with E-state index in [1.807, 2.05) is 50.2 Å². The number of hydrazone groups is 1. The number of amidine groups is 1. The van der Waals surface area contributed by atoms with Gasteiger partial charge in [-0.15, -0.1) is 0 Å². The van der Waals surface area contributed by atoms with Crippen molar-refractivity contribution in [2.75, 3.05) is 19.0 Å². The fourth-order valence-electron chi connectivity index (χ4n) is 1.52. The van der Waals surface area contributed by atoms with E-state index in [-0.39, 0.29) is 5.84 Å². The lowest BCUT2D eigenvalue weighted by Gasteiger charge is -2.11. The predicted molar refractivity (Wildman–Crippen MR) is 71.8 cm³/mol. The van der Waals surface area contributed by atoms with Gasteiger partial charge in [-0.05, 0) is 31.2 Å². The monoisotopic (exact) mass is 229 g/mol. The molecule has 17 heavy (non-hydrogen) atoms. The van der Waals surface area contributed by atoms with E-state index in [0.29, 0.717) is 5.71 Å². The number of hydrogen-bond donors (Lipinski definition) is 2. The summed E-state index contributed by atoms with van der Waals surface area (Å²) < 4.78 is 0. The van der Waals surface area contributed by atoms with Gasteiger partial charge in [0.25, 0.3) is 0 Å². The first-order chi connectivity index (χ1) is 8.08. The summed E-state index contributed by atoms with van der Waals surface area (Å²) in [5.74, 6) is 0.249. The van der Waals surface area contributed by atoms with Crippen molar-refractivity contribution in [3.05, 3.63) is 24.3 Å². The molecule has 2 rings (SSSR count). The van der Waals surface area contributed by atoms with Crippen LogP contribution in [-0.2, 0) is 0 Å². The van der Waals surface area contributed by atoms with Gasteiger partial charge in [0.05, 0.1) is 11.4 Å². The summed E-state index contributed by atoms with van der Waals surface area (Å²) in [6.07, 6.45) is 0. The number of anilines is 1. The molecule has 0 fully saturated rings. The van der Waals surface area contributed by atoms with Gasteiger partial charge in [-0.1, -0.05) is 0 Å². The SMILES string of the molecule is CC1=NNC(=N)C1=Nc1ccc(N(C)C)cc1. The van der Waals surface area contributed by atoms with Crippen molar-refractivity contribution in [3.8, 4) is 0 Å². The van der Waals surface area contributed by atoms with E-state index in [1.54, 1.807) is 0 Å². The van der Waals surface area contributed by atoms with Crippen LogP contribution in [0, 0.1) is 5.41 Å². The quantitative estimate of drug-likeness (QED) is 0.812. The Morgan fingerprint density at radius 2 is 1.88 bits per heavy atom. The van der Waals surface area contributed by atoms with Crippen molar-refractivity contribution < 1.29 is 0 Å². The molecule has 0 radical (unpaired) electrons. The number of nitrogens with one attached hydrogen (secondary N) is 2. The first-order valence-corrected chi connectivity index (χ1v) is 5.33. The zero-order valence-electron chi connectivity index (χ0n) is 10.2. The number of nitrogens with zero attached hydrogens (tertiary/aromatic N) is 3. The van der Waals surface area contributed by atoms with Crippen molar-refractivity contribution in [2.45, 2.75) is 6.92 Å². The second-order valence-corrected chi connectivity index (χ2v) is 4.06. The number of rotatable bonds is 2. The number of aliphatic imine (C=N–C) groups is 1. The highest BCUT2D eigenvalue weighted by atomic mass is 15.3. The summed E-state index contributed by atoms with van der Waals surface area (Å²) in [5.41, 5.74) is 5.89. The van der Waals surface area contributed by atoms with Crippen LogP contribution in [0.5, 0.6) is 0 Å².